The normalized spacial score (nSPS) is 17.7. The van der Waals surface area contributed by atoms with Crippen molar-refractivity contribution in [3.63, 3.8) is 0 Å². The van der Waals surface area contributed by atoms with Gasteiger partial charge < -0.3 is 9.72 Å². The van der Waals surface area contributed by atoms with Crippen molar-refractivity contribution in [2.75, 3.05) is 13.2 Å². The summed E-state index contributed by atoms with van der Waals surface area (Å²) in [5.74, 6) is -0.00532. The van der Waals surface area contributed by atoms with Crippen molar-refractivity contribution in [2.24, 2.45) is 0 Å². The molecule has 1 N–H and O–H groups in total. The van der Waals surface area contributed by atoms with E-state index in [-0.39, 0.29) is 17.5 Å². The van der Waals surface area contributed by atoms with Gasteiger partial charge in [0.15, 0.2) is 5.65 Å². The van der Waals surface area contributed by atoms with Gasteiger partial charge in [0.05, 0.1) is 30.7 Å². The molecular formula is C18H20N6O2. The molecule has 1 unspecified atom stereocenters. The monoisotopic (exact) mass is 352 g/mol. The van der Waals surface area contributed by atoms with Crippen LogP contribution in [-0.2, 0) is 4.74 Å². The summed E-state index contributed by atoms with van der Waals surface area (Å²) in [5.41, 5.74) is 2.68. The van der Waals surface area contributed by atoms with Crippen molar-refractivity contribution in [3.8, 4) is 17.3 Å². The molecule has 3 aromatic heterocycles. The fraction of sp³-hybridized carbons (Fsp3) is 0.444. The van der Waals surface area contributed by atoms with Gasteiger partial charge in [-0.15, -0.1) is 0 Å². The third-order valence-corrected chi connectivity index (χ3v) is 4.80. The van der Waals surface area contributed by atoms with Crippen LogP contribution < -0.4 is 5.56 Å². The molecule has 0 saturated carbocycles. The van der Waals surface area contributed by atoms with Crippen LogP contribution in [0.2, 0.25) is 0 Å². The molecule has 4 heterocycles. The summed E-state index contributed by atoms with van der Waals surface area (Å²) in [6, 6.07) is 2.28. The summed E-state index contributed by atoms with van der Waals surface area (Å²) in [5, 5.41) is 17.8. The van der Waals surface area contributed by atoms with Crippen LogP contribution in [0.15, 0.2) is 23.4 Å². The second-order valence-electron chi connectivity index (χ2n) is 6.88. The van der Waals surface area contributed by atoms with E-state index in [4.69, 9.17) is 4.74 Å². The van der Waals surface area contributed by atoms with Crippen molar-refractivity contribution in [1.29, 1.82) is 5.26 Å². The summed E-state index contributed by atoms with van der Waals surface area (Å²) in [4.78, 5) is 16.2. The number of hydrogen-bond acceptors (Lipinski definition) is 5. The molecule has 0 bridgehead atoms. The molecule has 0 amide bonds. The standard InChI is InChI=1S/C18H20N6O2/c1-11(2)15-16(22-17-12(6-19)7-21-24(17)18(15)25)13-8-20-23(9-13)14-4-3-5-26-10-14/h7-9,11,14,22H,3-5,10H2,1-2H3. The van der Waals surface area contributed by atoms with E-state index in [1.807, 2.05) is 24.7 Å². The highest BCUT2D eigenvalue weighted by Gasteiger charge is 2.22. The van der Waals surface area contributed by atoms with Crippen molar-refractivity contribution < 1.29 is 4.74 Å². The largest absolute Gasteiger partial charge is 0.379 e. The van der Waals surface area contributed by atoms with Gasteiger partial charge >= 0.3 is 0 Å². The Morgan fingerprint density at radius 3 is 2.92 bits per heavy atom. The lowest BCUT2D eigenvalue weighted by atomic mass is 10.00. The highest BCUT2D eigenvalue weighted by Crippen LogP contribution is 2.27. The van der Waals surface area contributed by atoms with Gasteiger partial charge in [0.25, 0.3) is 5.56 Å². The van der Waals surface area contributed by atoms with Crippen LogP contribution in [0, 0.1) is 11.3 Å². The number of nitrogens with zero attached hydrogens (tertiary/aromatic N) is 5. The molecule has 4 rings (SSSR count). The first kappa shape index (κ1) is 16.5. The number of H-pyrrole nitrogens is 1. The number of aromatic amines is 1. The Morgan fingerprint density at radius 2 is 2.23 bits per heavy atom. The van der Waals surface area contributed by atoms with Gasteiger partial charge in [-0.05, 0) is 18.8 Å². The molecule has 8 heteroatoms. The summed E-state index contributed by atoms with van der Waals surface area (Å²) in [6.45, 7) is 5.38. The van der Waals surface area contributed by atoms with Crippen LogP contribution in [0.3, 0.4) is 0 Å². The van der Waals surface area contributed by atoms with E-state index >= 15 is 0 Å². The topological polar surface area (TPSA) is 101 Å². The third-order valence-electron chi connectivity index (χ3n) is 4.80. The second-order valence-corrected chi connectivity index (χ2v) is 6.88. The Bertz CT molecular complexity index is 1050. The molecule has 0 radical (unpaired) electrons. The van der Waals surface area contributed by atoms with Crippen LogP contribution in [0.5, 0.6) is 0 Å². The fourth-order valence-corrected chi connectivity index (χ4v) is 3.47. The number of hydrogen-bond donors (Lipinski definition) is 1. The Labute approximate surface area is 150 Å². The Balaban J connectivity index is 1.87. The Morgan fingerprint density at radius 1 is 1.38 bits per heavy atom. The van der Waals surface area contributed by atoms with Gasteiger partial charge in [0, 0.05) is 23.9 Å². The van der Waals surface area contributed by atoms with Crippen molar-refractivity contribution in [3.05, 3.63) is 40.1 Å². The molecule has 1 aliphatic heterocycles. The van der Waals surface area contributed by atoms with Gasteiger partial charge in [-0.1, -0.05) is 13.8 Å². The smallest absolute Gasteiger partial charge is 0.278 e. The quantitative estimate of drug-likeness (QED) is 0.779. The van der Waals surface area contributed by atoms with E-state index in [0.717, 1.165) is 25.0 Å². The predicted octanol–water partition coefficient (Wildman–Crippen LogP) is 2.23. The number of rotatable bonds is 3. The lowest BCUT2D eigenvalue weighted by Gasteiger charge is -2.22. The van der Waals surface area contributed by atoms with Gasteiger partial charge in [0.1, 0.15) is 11.6 Å². The van der Waals surface area contributed by atoms with E-state index in [1.54, 1.807) is 6.20 Å². The predicted molar refractivity (Wildman–Crippen MR) is 94.9 cm³/mol. The fourth-order valence-electron chi connectivity index (χ4n) is 3.47. The lowest BCUT2D eigenvalue weighted by Crippen LogP contribution is -2.22. The maximum atomic E-state index is 12.9. The molecule has 1 aliphatic rings. The minimum Gasteiger partial charge on any atom is -0.379 e. The van der Waals surface area contributed by atoms with E-state index in [2.05, 4.69) is 21.3 Å². The van der Waals surface area contributed by atoms with Gasteiger partial charge in [-0.25, -0.2) is 0 Å². The number of aromatic nitrogens is 5. The molecule has 1 fully saturated rings. The second kappa shape index (κ2) is 6.42. The van der Waals surface area contributed by atoms with Crippen LogP contribution in [0.25, 0.3) is 16.9 Å². The first-order valence-electron chi connectivity index (χ1n) is 8.76. The van der Waals surface area contributed by atoms with Crippen molar-refractivity contribution in [1.82, 2.24) is 24.4 Å². The molecule has 0 aromatic carbocycles. The molecule has 3 aromatic rings. The molecule has 0 aliphatic carbocycles. The number of ether oxygens (including phenoxy) is 1. The van der Waals surface area contributed by atoms with Crippen LogP contribution >= 0.6 is 0 Å². The Kier molecular flexibility index (Phi) is 4.09. The van der Waals surface area contributed by atoms with Gasteiger partial charge in [-0.3, -0.25) is 9.48 Å². The van der Waals surface area contributed by atoms with Crippen LogP contribution in [0.4, 0.5) is 0 Å². The molecule has 0 spiro atoms. The van der Waals surface area contributed by atoms with Gasteiger partial charge in [0.2, 0.25) is 0 Å². The van der Waals surface area contributed by atoms with Crippen molar-refractivity contribution >= 4 is 5.65 Å². The van der Waals surface area contributed by atoms with Gasteiger partial charge in [-0.2, -0.15) is 20.0 Å². The first-order chi connectivity index (χ1) is 12.6. The number of nitrogens with one attached hydrogen (secondary N) is 1. The van der Waals surface area contributed by atoms with E-state index < -0.39 is 0 Å². The zero-order chi connectivity index (χ0) is 18.3. The van der Waals surface area contributed by atoms with E-state index in [1.165, 1.54) is 10.7 Å². The Hall–Kier alpha value is -2.92. The first-order valence-corrected chi connectivity index (χ1v) is 8.76. The van der Waals surface area contributed by atoms with Crippen LogP contribution in [-0.4, -0.2) is 37.6 Å². The minimum absolute atomic E-state index is 0.00532. The van der Waals surface area contributed by atoms with E-state index in [9.17, 15) is 10.1 Å². The zero-order valence-corrected chi connectivity index (χ0v) is 14.8. The number of fused-ring (bicyclic) bond motifs is 1. The van der Waals surface area contributed by atoms with Crippen LogP contribution in [0.1, 0.15) is 49.8 Å². The van der Waals surface area contributed by atoms with E-state index in [0.29, 0.717) is 29.1 Å². The summed E-state index contributed by atoms with van der Waals surface area (Å²) >= 11 is 0. The molecule has 1 atom stereocenters. The average molecular weight is 352 g/mol. The number of nitriles is 1. The molecular weight excluding hydrogens is 332 g/mol. The third kappa shape index (κ3) is 2.61. The maximum absolute atomic E-state index is 12.9. The highest BCUT2D eigenvalue weighted by atomic mass is 16.5. The summed E-state index contributed by atoms with van der Waals surface area (Å²) in [7, 11) is 0. The minimum atomic E-state index is -0.209. The zero-order valence-electron chi connectivity index (χ0n) is 14.8. The molecule has 134 valence electrons. The lowest BCUT2D eigenvalue weighted by molar-refractivity contribution is 0.0549. The van der Waals surface area contributed by atoms with Crippen molar-refractivity contribution in [2.45, 2.75) is 38.6 Å². The summed E-state index contributed by atoms with van der Waals surface area (Å²) in [6.07, 6.45) is 7.14. The molecule has 8 nitrogen and oxygen atoms in total. The molecule has 1 saturated heterocycles. The maximum Gasteiger partial charge on any atom is 0.278 e. The molecule has 26 heavy (non-hydrogen) atoms. The highest BCUT2D eigenvalue weighted by molar-refractivity contribution is 5.67. The average Bonchev–Trinajstić information content (AvgIpc) is 3.29. The summed E-state index contributed by atoms with van der Waals surface area (Å²) < 4.78 is 8.71. The SMILES string of the molecule is CC(C)c1c(-c2cnn(C3CCCOC3)c2)[nH]c2c(C#N)cnn2c1=O.